The first-order valence-corrected chi connectivity index (χ1v) is 6.59. The van der Waals surface area contributed by atoms with Gasteiger partial charge in [-0.1, -0.05) is 42.5 Å². The maximum atomic E-state index is 9.77. The highest BCUT2D eigenvalue weighted by atomic mass is 16.5. The molecule has 0 amide bonds. The van der Waals surface area contributed by atoms with Crippen molar-refractivity contribution in [3.63, 3.8) is 0 Å². The third kappa shape index (κ3) is 3.66. The molecule has 0 aliphatic heterocycles. The van der Waals surface area contributed by atoms with Crippen LogP contribution in [-0.4, -0.2) is 17.3 Å². The van der Waals surface area contributed by atoms with Gasteiger partial charge in [0, 0.05) is 0 Å². The summed E-state index contributed by atoms with van der Waals surface area (Å²) in [5, 5.41) is 12.2. The molecule has 0 unspecified atom stereocenters. The van der Waals surface area contributed by atoms with Gasteiger partial charge in [-0.05, 0) is 35.7 Å². The van der Waals surface area contributed by atoms with E-state index in [0.29, 0.717) is 13.0 Å². The van der Waals surface area contributed by atoms with E-state index in [2.05, 4.69) is 36.9 Å². The van der Waals surface area contributed by atoms with Crippen LogP contribution in [0.3, 0.4) is 0 Å². The van der Waals surface area contributed by atoms with Crippen LogP contribution in [0.25, 0.3) is 10.8 Å². The van der Waals surface area contributed by atoms with E-state index >= 15 is 0 Å². The summed E-state index contributed by atoms with van der Waals surface area (Å²) in [4.78, 5) is 0. The van der Waals surface area contributed by atoms with Crippen LogP contribution in [0, 0.1) is 0 Å². The summed E-state index contributed by atoms with van der Waals surface area (Å²) in [6.07, 6.45) is 1.59. The van der Waals surface area contributed by atoms with Crippen molar-refractivity contribution in [2.24, 2.45) is 0 Å². The number of ether oxygens (including phenoxy) is 1. The summed E-state index contributed by atoms with van der Waals surface area (Å²) >= 11 is 0. The molecule has 2 rings (SSSR count). The second-order valence-electron chi connectivity index (χ2n) is 4.79. The second-order valence-corrected chi connectivity index (χ2v) is 4.79. The minimum atomic E-state index is -0.488. The van der Waals surface area contributed by atoms with Gasteiger partial charge in [0.05, 0.1) is 18.8 Å². The Bertz CT molecular complexity index is 548. The van der Waals surface area contributed by atoms with Crippen LogP contribution in [0.2, 0.25) is 0 Å². The van der Waals surface area contributed by atoms with Gasteiger partial charge in [-0.3, -0.25) is 0 Å². The van der Waals surface area contributed by atoms with Crippen LogP contribution < -0.4 is 0 Å². The predicted molar refractivity (Wildman–Crippen MR) is 79.0 cm³/mol. The molecule has 2 atom stereocenters. The highest BCUT2D eigenvalue weighted by Crippen LogP contribution is 2.17. The SMILES string of the molecule is C=CC[C@H](O)[C@H](C)OCc1ccc2ccccc2c1. The number of aliphatic hydroxyl groups is 1. The fourth-order valence-electron chi connectivity index (χ4n) is 2.03. The second kappa shape index (κ2) is 6.50. The Hall–Kier alpha value is -1.64. The Labute approximate surface area is 114 Å². The van der Waals surface area contributed by atoms with E-state index in [0.717, 1.165) is 5.56 Å². The molecule has 2 aromatic carbocycles. The molecular formula is C17H20O2. The molecule has 0 radical (unpaired) electrons. The van der Waals surface area contributed by atoms with Gasteiger partial charge in [0.15, 0.2) is 0 Å². The molecule has 2 heteroatoms. The van der Waals surface area contributed by atoms with Gasteiger partial charge in [0.25, 0.3) is 0 Å². The van der Waals surface area contributed by atoms with Gasteiger partial charge in [-0.25, -0.2) is 0 Å². The van der Waals surface area contributed by atoms with Gasteiger partial charge in [0.2, 0.25) is 0 Å². The highest BCUT2D eigenvalue weighted by Gasteiger charge is 2.12. The lowest BCUT2D eigenvalue weighted by Crippen LogP contribution is -2.25. The smallest absolute Gasteiger partial charge is 0.0833 e. The lowest BCUT2D eigenvalue weighted by atomic mass is 10.1. The predicted octanol–water partition coefficient (Wildman–Crippen LogP) is 3.68. The van der Waals surface area contributed by atoms with Crippen molar-refractivity contribution in [1.82, 2.24) is 0 Å². The average Bonchev–Trinajstić information content (AvgIpc) is 2.44. The molecule has 1 N–H and O–H groups in total. The molecule has 2 nitrogen and oxygen atoms in total. The first kappa shape index (κ1) is 13.8. The first-order valence-electron chi connectivity index (χ1n) is 6.59. The quantitative estimate of drug-likeness (QED) is 0.799. The molecule has 0 fully saturated rings. The molecule has 0 saturated carbocycles. The lowest BCUT2D eigenvalue weighted by molar-refractivity contribution is -0.0332. The van der Waals surface area contributed by atoms with E-state index in [4.69, 9.17) is 4.74 Å². The number of hydrogen-bond acceptors (Lipinski definition) is 2. The Morgan fingerprint density at radius 1 is 1.21 bits per heavy atom. The van der Waals surface area contributed by atoms with E-state index in [1.54, 1.807) is 6.08 Å². The molecule has 100 valence electrons. The molecule has 0 aliphatic rings. The maximum Gasteiger partial charge on any atom is 0.0833 e. The normalized spacial score (nSPS) is 14.2. The Kier molecular flexibility index (Phi) is 4.72. The summed E-state index contributed by atoms with van der Waals surface area (Å²) in [5.74, 6) is 0. The topological polar surface area (TPSA) is 29.5 Å². The number of fused-ring (bicyclic) bond motifs is 1. The average molecular weight is 256 g/mol. The van der Waals surface area contributed by atoms with Gasteiger partial charge >= 0.3 is 0 Å². The van der Waals surface area contributed by atoms with Crippen LogP contribution in [0.15, 0.2) is 55.1 Å². The fraction of sp³-hybridized carbons (Fsp3) is 0.294. The van der Waals surface area contributed by atoms with Crippen LogP contribution in [0.4, 0.5) is 0 Å². The van der Waals surface area contributed by atoms with E-state index in [-0.39, 0.29) is 6.10 Å². The minimum absolute atomic E-state index is 0.190. The maximum absolute atomic E-state index is 9.77. The van der Waals surface area contributed by atoms with E-state index < -0.39 is 6.10 Å². The Balaban J connectivity index is 1.99. The molecule has 2 aromatic rings. The highest BCUT2D eigenvalue weighted by molar-refractivity contribution is 5.82. The van der Waals surface area contributed by atoms with Crippen molar-refractivity contribution in [3.05, 3.63) is 60.7 Å². The summed E-state index contributed by atoms with van der Waals surface area (Å²) < 4.78 is 5.69. The molecule has 0 spiro atoms. The van der Waals surface area contributed by atoms with Gasteiger partial charge in [-0.2, -0.15) is 0 Å². The first-order chi connectivity index (χ1) is 9.20. The van der Waals surface area contributed by atoms with Crippen LogP contribution >= 0.6 is 0 Å². The third-order valence-corrected chi connectivity index (χ3v) is 3.28. The van der Waals surface area contributed by atoms with E-state index in [9.17, 15) is 5.11 Å². The third-order valence-electron chi connectivity index (χ3n) is 3.28. The number of aliphatic hydroxyl groups excluding tert-OH is 1. The van der Waals surface area contributed by atoms with Crippen LogP contribution in [0.1, 0.15) is 18.9 Å². The molecule has 0 heterocycles. The molecule has 0 aromatic heterocycles. The molecule has 19 heavy (non-hydrogen) atoms. The molecular weight excluding hydrogens is 236 g/mol. The number of rotatable bonds is 6. The summed E-state index contributed by atoms with van der Waals surface area (Å²) in [6.45, 7) is 6.02. The largest absolute Gasteiger partial charge is 0.390 e. The minimum Gasteiger partial charge on any atom is -0.390 e. The standard InChI is InChI=1S/C17H20O2/c1-3-6-17(18)13(2)19-12-14-9-10-15-7-4-5-8-16(15)11-14/h3-5,7-11,13,17-18H,1,6,12H2,2H3/t13-,17-/m0/s1. The van der Waals surface area contributed by atoms with Crippen molar-refractivity contribution in [3.8, 4) is 0 Å². The van der Waals surface area contributed by atoms with Crippen molar-refractivity contribution < 1.29 is 9.84 Å². The van der Waals surface area contributed by atoms with Crippen molar-refractivity contribution in [2.75, 3.05) is 0 Å². The van der Waals surface area contributed by atoms with Gasteiger partial charge in [0.1, 0.15) is 0 Å². The zero-order valence-corrected chi connectivity index (χ0v) is 11.3. The molecule has 0 saturated heterocycles. The van der Waals surface area contributed by atoms with Crippen molar-refractivity contribution in [1.29, 1.82) is 0 Å². The fourth-order valence-corrected chi connectivity index (χ4v) is 2.03. The Morgan fingerprint density at radius 2 is 1.95 bits per heavy atom. The molecule has 0 aliphatic carbocycles. The Morgan fingerprint density at radius 3 is 2.68 bits per heavy atom. The van der Waals surface area contributed by atoms with Gasteiger partial charge in [-0.15, -0.1) is 6.58 Å². The number of benzene rings is 2. The summed E-state index contributed by atoms with van der Waals surface area (Å²) in [7, 11) is 0. The zero-order valence-electron chi connectivity index (χ0n) is 11.3. The zero-order chi connectivity index (χ0) is 13.7. The van der Waals surface area contributed by atoms with Crippen LogP contribution in [-0.2, 0) is 11.3 Å². The monoisotopic (exact) mass is 256 g/mol. The summed E-state index contributed by atoms with van der Waals surface area (Å²) in [6, 6.07) is 14.5. The summed E-state index contributed by atoms with van der Waals surface area (Å²) in [5.41, 5.74) is 1.12. The van der Waals surface area contributed by atoms with Crippen LogP contribution in [0.5, 0.6) is 0 Å². The lowest BCUT2D eigenvalue weighted by Gasteiger charge is -2.18. The van der Waals surface area contributed by atoms with E-state index in [1.807, 2.05) is 19.1 Å². The van der Waals surface area contributed by atoms with Crippen molar-refractivity contribution >= 4 is 10.8 Å². The molecule has 0 bridgehead atoms. The van der Waals surface area contributed by atoms with Gasteiger partial charge < -0.3 is 9.84 Å². The number of hydrogen-bond donors (Lipinski definition) is 1. The van der Waals surface area contributed by atoms with E-state index in [1.165, 1.54) is 10.8 Å². The van der Waals surface area contributed by atoms with Crippen molar-refractivity contribution in [2.45, 2.75) is 32.2 Å².